The number of halogens is 2. The van der Waals surface area contributed by atoms with Crippen molar-refractivity contribution in [2.24, 2.45) is 0 Å². The quantitative estimate of drug-likeness (QED) is 0.711. The van der Waals surface area contributed by atoms with Crippen molar-refractivity contribution in [3.05, 3.63) is 64.4 Å². The number of hydrogen-bond donors (Lipinski definition) is 1. The van der Waals surface area contributed by atoms with Gasteiger partial charge in [-0.25, -0.2) is 9.18 Å². The predicted octanol–water partition coefficient (Wildman–Crippen LogP) is 3.63. The van der Waals surface area contributed by atoms with Crippen molar-refractivity contribution in [1.29, 1.82) is 0 Å². The Labute approximate surface area is 191 Å². The first-order chi connectivity index (χ1) is 15.4. The molecule has 2 heterocycles. The van der Waals surface area contributed by atoms with Crippen molar-refractivity contribution in [2.75, 3.05) is 44.3 Å². The molecule has 0 radical (unpaired) electrons. The molecule has 0 bridgehead atoms. The molecule has 2 aromatic carbocycles. The molecule has 2 fully saturated rings. The molecule has 2 saturated heterocycles. The average molecular weight is 462 g/mol. The molecule has 4 rings (SSSR count). The van der Waals surface area contributed by atoms with E-state index in [1.807, 2.05) is 6.92 Å². The molecule has 0 saturated carbocycles. The second-order valence-corrected chi connectivity index (χ2v) is 8.26. The molecule has 2 unspecified atom stereocenters. The second kappa shape index (κ2) is 9.85. The van der Waals surface area contributed by atoms with Crippen LogP contribution in [0.2, 0.25) is 5.02 Å². The zero-order valence-electron chi connectivity index (χ0n) is 17.7. The molecule has 32 heavy (non-hydrogen) atoms. The molecule has 7 nitrogen and oxygen atoms in total. The maximum Gasteiger partial charge on any atom is 0.414 e. The number of ether oxygens (including phenoxy) is 2. The van der Waals surface area contributed by atoms with Crippen molar-refractivity contribution in [3.8, 4) is 0 Å². The highest BCUT2D eigenvalue weighted by atomic mass is 35.5. The lowest BCUT2D eigenvalue weighted by Crippen LogP contribution is -2.47. The van der Waals surface area contributed by atoms with Gasteiger partial charge in [0.05, 0.1) is 25.3 Å². The Morgan fingerprint density at radius 3 is 2.66 bits per heavy atom. The van der Waals surface area contributed by atoms with Crippen LogP contribution in [-0.2, 0) is 9.47 Å². The number of anilines is 1. The largest absolute Gasteiger partial charge is 0.447 e. The molecule has 2 atom stereocenters. The van der Waals surface area contributed by atoms with Crippen LogP contribution < -0.4 is 10.2 Å². The Morgan fingerprint density at radius 2 is 2.00 bits per heavy atom. The Hall–Kier alpha value is -2.68. The lowest BCUT2D eigenvalue weighted by Gasteiger charge is -2.38. The molecular formula is C23H25ClFN3O4. The maximum absolute atomic E-state index is 14.7. The van der Waals surface area contributed by atoms with Gasteiger partial charge < -0.3 is 14.8 Å². The van der Waals surface area contributed by atoms with Gasteiger partial charge in [-0.05, 0) is 43.3 Å². The second-order valence-electron chi connectivity index (χ2n) is 7.85. The van der Waals surface area contributed by atoms with Crippen LogP contribution in [0.1, 0.15) is 28.9 Å². The number of carbonyl (C=O) groups is 2. The highest BCUT2D eigenvalue weighted by molar-refractivity contribution is 6.31. The van der Waals surface area contributed by atoms with E-state index in [0.29, 0.717) is 54.7 Å². The number of cyclic esters (lactones) is 1. The predicted molar refractivity (Wildman–Crippen MR) is 119 cm³/mol. The first-order valence-corrected chi connectivity index (χ1v) is 10.9. The van der Waals surface area contributed by atoms with Gasteiger partial charge in [-0.3, -0.25) is 14.6 Å². The van der Waals surface area contributed by atoms with Gasteiger partial charge in [0.15, 0.2) is 0 Å². The van der Waals surface area contributed by atoms with Crippen LogP contribution in [0.5, 0.6) is 0 Å². The SMILES string of the molecule is CC1CN(C(CNC(=O)c2ccc(N3CCOC3=O)cc2)c2c(F)cccc2Cl)CCO1. The summed E-state index contributed by atoms with van der Waals surface area (Å²) in [5.41, 5.74) is 1.48. The van der Waals surface area contributed by atoms with Crippen LogP contribution in [0.4, 0.5) is 14.9 Å². The zero-order chi connectivity index (χ0) is 22.7. The number of benzene rings is 2. The molecule has 0 aromatic heterocycles. The number of amides is 2. The summed E-state index contributed by atoms with van der Waals surface area (Å²) in [5.74, 6) is -0.697. The first kappa shape index (κ1) is 22.5. The van der Waals surface area contributed by atoms with E-state index in [2.05, 4.69) is 10.2 Å². The summed E-state index contributed by atoms with van der Waals surface area (Å²) in [6.45, 7) is 4.71. The van der Waals surface area contributed by atoms with Crippen molar-refractivity contribution in [3.63, 3.8) is 0 Å². The smallest absolute Gasteiger partial charge is 0.414 e. The summed E-state index contributed by atoms with van der Waals surface area (Å²) < 4.78 is 25.3. The molecule has 0 aliphatic carbocycles. The molecular weight excluding hydrogens is 437 g/mol. The molecule has 2 aliphatic heterocycles. The fourth-order valence-electron chi connectivity index (χ4n) is 4.08. The van der Waals surface area contributed by atoms with E-state index in [0.717, 1.165) is 0 Å². The van der Waals surface area contributed by atoms with Gasteiger partial charge in [-0.1, -0.05) is 17.7 Å². The van der Waals surface area contributed by atoms with Gasteiger partial charge in [0.2, 0.25) is 0 Å². The highest BCUT2D eigenvalue weighted by Crippen LogP contribution is 2.31. The van der Waals surface area contributed by atoms with Crippen LogP contribution >= 0.6 is 11.6 Å². The van der Waals surface area contributed by atoms with E-state index in [1.54, 1.807) is 36.4 Å². The lowest BCUT2D eigenvalue weighted by molar-refractivity contribution is -0.0346. The monoisotopic (exact) mass is 461 g/mol. The summed E-state index contributed by atoms with van der Waals surface area (Å²) in [5, 5.41) is 3.23. The topological polar surface area (TPSA) is 71.1 Å². The highest BCUT2D eigenvalue weighted by Gasteiger charge is 2.30. The summed E-state index contributed by atoms with van der Waals surface area (Å²) in [4.78, 5) is 28.1. The zero-order valence-corrected chi connectivity index (χ0v) is 18.5. The van der Waals surface area contributed by atoms with E-state index in [9.17, 15) is 14.0 Å². The van der Waals surface area contributed by atoms with E-state index < -0.39 is 18.0 Å². The Kier molecular flexibility index (Phi) is 6.93. The third kappa shape index (κ3) is 4.87. The third-order valence-corrected chi connectivity index (χ3v) is 6.03. The molecule has 1 N–H and O–H groups in total. The summed E-state index contributed by atoms with van der Waals surface area (Å²) >= 11 is 6.35. The van der Waals surface area contributed by atoms with Crippen molar-refractivity contribution in [2.45, 2.75) is 19.1 Å². The fraction of sp³-hybridized carbons (Fsp3) is 0.391. The standard InChI is InChI=1S/C23H25ClFN3O4/c1-15-14-27(9-11-31-15)20(21-18(24)3-2-4-19(21)25)13-26-22(29)16-5-7-17(8-6-16)28-10-12-32-23(28)30/h2-8,15,20H,9-14H2,1H3,(H,26,29). The van der Waals surface area contributed by atoms with Gasteiger partial charge in [-0.15, -0.1) is 0 Å². The maximum atomic E-state index is 14.7. The lowest BCUT2D eigenvalue weighted by atomic mass is 10.0. The van der Waals surface area contributed by atoms with Crippen LogP contribution in [0.15, 0.2) is 42.5 Å². The average Bonchev–Trinajstić information content (AvgIpc) is 3.21. The molecule has 170 valence electrons. The molecule has 2 aliphatic rings. The van der Waals surface area contributed by atoms with Gasteiger partial charge in [-0.2, -0.15) is 0 Å². The Morgan fingerprint density at radius 1 is 1.22 bits per heavy atom. The minimum Gasteiger partial charge on any atom is -0.447 e. The Balaban J connectivity index is 1.49. The number of morpholine rings is 1. The Bertz CT molecular complexity index is 967. The minimum absolute atomic E-state index is 0.00248. The number of hydrogen-bond acceptors (Lipinski definition) is 5. The van der Waals surface area contributed by atoms with Crippen LogP contribution in [-0.4, -0.2) is 62.4 Å². The van der Waals surface area contributed by atoms with Crippen LogP contribution in [0.3, 0.4) is 0 Å². The summed E-state index contributed by atoms with van der Waals surface area (Å²) in [6.07, 6.45) is -0.399. The number of carbonyl (C=O) groups excluding carboxylic acids is 2. The molecule has 2 amide bonds. The van der Waals surface area contributed by atoms with E-state index in [4.69, 9.17) is 21.1 Å². The fourth-order valence-corrected chi connectivity index (χ4v) is 4.37. The van der Waals surface area contributed by atoms with E-state index in [-0.39, 0.29) is 18.6 Å². The summed E-state index contributed by atoms with van der Waals surface area (Å²) in [6, 6.07) is 10.9. The van der Waals surface area contributed by atoms with Crippen LogP contribution in [0.25, 0.3) is 0 Å². The number of rotatable bonds is 6. The van der Waals surface area contributed by atoms with Gasteiger partial charge in [0.1, 0.15) is 12.4 Å². The third-order valence-electron chi connectivity index (χ3n) is 5.70. The summed E-state index contributed by atoms with van der Waals surface area (Å²) in [7, 11) is 0. The van der Waals surface area contributed by atoms with Gasteiger partial charge in [0.25, 0.3) is 5.91 Å². The van der Waals surface area contributed by atoms with Crippen molar-refractivity contribution < 1.29 is 23.5 Å². The minimum atomic E-state index is -0.433. The van der Waals surface area contributed by atoms with Crippen LogP contribution in [0, 0.1) is 5.82 Å². The normalized spacial score (nSPS) is 20.2. The van der Waals surface area contributed by atoms with Crippen molar-refractivity contribution in [1.82, 2.24) is 10.2 Å². The van der Waals surface area contributed by atoms with E-state index in [1.165, 1.54) is 11.0 Å². The number of nitrogens with one attached hydrogen (secondary N) is 1. The van der Waals surface area contributed by atoms with Crippen molar-refractivity contribution >= 4 is 29.3 Å². The van der Waals surface area contributed by atoms with Gasteiger partial charge in [0, 0.05) is 41.5 Å². The molecule has 2 aromatic rings. The molecule has 0 spiro atoms. The van der Waals surface area contributed by atoms with E-state index >= 15 is 0 Å². The first-order valence-electron chi connectivity index (χ1n) is 10.6. The molecule has 9 heteroatoms. The number of nitrogens with zero attached hydrogens (tertiary/aromatic N) is 2. The van der Waals surface area contributed by atoms with Gasteiger partial charge >= 0.3 is 6.09 Å².